The van der Waals surface area contributed by atoms with Gasteiger partial charge >= 0.3 is 0 Å². The number of rotatable bonds is 1. The van der Waals surface area contributed by atoms with Crippen LogP contribution in [0.3, 0.4) is 0 Å². The maximum absolute atomic E-state index is 12.8. The van der Waals surface area contributed by atoms with Gasteiger partial charge in [-0.2, -0.15) is 0 Å². The average Bonchev–Trinajstić information content (AvgIpc) is 2.11. The highest BCUT2D eigenvalue weighted by atomic mass is 79.9. The second-order valence-electron chi connectivity index (χ2n) is 2.84. The third-order valence-corrected chi connectivity index (χ3v) is 3.51. The average molecular weight is 278 g/mol. The van der Waals surface area contributed by atoms with Gasteiger partial charge in [0.1, 0.15) is 5.82 Å². The van der Waals surface area contributed by atoms with Crippen molar-refractivity contribution in [2.24, 2.45) is 0 Å². The van der Waals surface area contributed by atoms with E-state index < -0.39 is 0 Å². The zero-order valence-corrected chi connectivity index (χ0v) is 10.2. The van der Waals surface area contributed by atoms with Gasteiger partial charge in [-0.15, -0.1) is 0 Å². The summed E-state index contributed by atoms with van der Waals surface area (Å²) >= 11 is 4.24. The number of hydrogen-bond acceptors (Lipinski definition) is 2. The monoisotopic (exact) mass is 277 g/mol. The molecule has 0 aliphatic carbocycles. The molecule has 1 rings (SSSR count). The van der Waals surface area contributed by atoms with Crippen LogP contribution in [-0.4, -0.2) is 24.2 Å². The molecule has 0 aliphatic rings. The molecule has 2 nitrogen and oxygen atoms in total. The third-order valence-electron chi connectivity index (χ3n) is 1.46. The van der Waals surface area contributed by atoms with E-state index in [-0.39, 0.29) is 11.1 Å². The van der Waals surface area contributed by atoms with Gasteiger partial charge in [-0.25, -0.2) is 4.39 Å². The molecule has 0 N–H and O–H groups in total. The summed E-state index contributed by atoms with van der Waals surface area (Å²) in [6.07, 6.45) is 0. The van der Waals surface area contributed by atoms with Gasteiger partial charge in [0.25, 0.3) is 5.24 Å². The predicted molar refractivity (Wildman–Crippen MR) is 59.0 cm³/mol. The van der Waals surface area contributed by atoms with E-state index in [1.807, 2.05) is 0 Å². The van der Waals surface area contributed by atoms with Crippen molar-refractivity contribution in [3.8, 4) is 0 Å². The zero-order chi connectivity index (χ0) is 10.7. The molecule has 1 amide bonds. The molecule has 0 aromatic heterocycles. The lowest BCUT2D eigenvalue weighted by Gasteiger charge is -2.09. The molecule has 14 heavy (non-hydrogen) atoms. The number of benzene rings is 1. The molecule has 0 saturated carbocycles. The fraction of sp³-hybridized carbons (Fsp3) is 0.222. The topological polar surface area (TPSA) is 20.3 Å². The Morgan fingerprint density at radius 3 is 2.71 bits per heavy atom. The Morgan fingerprint density at radius 1 is 1.50 bits per heavy atom. The van der Waals surface area contributed by atoms with Crippen LogP contribution in [0.1, 0.15) is 0 Å². The summed E-state index contributed by atoms with van der Waals surface area (Å²) in [7, 11) is 3.31. The van der Waals surface area contributed by atoms with Crippen molar-refractivity contribution in [3.63, 3.8) is 0 Å². The highest BCUT2D eigenvalue weighted by molar-refractivity contribution is 9.10. The van der Waals surface area contributed by atoms with Crippen molar-refractivity contribution in [3.05, 3.63) is 28.5 Å². The summed E-state index contributed by atoms with van der Waals surface area (Å²) in [5, 5.41) is -0.128. The minimum atomic E-state index is -0.345. The fourth-order valence-electron chi connectivity index (χ4n) is 0.741. The van der Waals surface area contributed by atoms with E-state index in [1.54, 1.807) is 20.2 Å². The molecular formula is C9H9BrFNOS. The highest BCUT2D eigenvalue weighted by Gasteiger charge is 2.10. The molecule has 0 spiro atoms. The SMILES string of the molecule is CN(C)C(=O)Sc1cc(F)ccc1Br. The quantitative estimate of drug-likeness (QED) is 0.734. The highest BCUT2D eigenvalue weighted by Crippen LogP contribution is 2.29. The van der Waals surface area contributed by atoms with Crippen LogP contribution in [0, 0.1) is 5.82 Å². The standard InChI is InChI=1S/C9H9BrFNOS/c1-12(2)9(13)14-8-5-6(11)3-4-7(8)10/h3-5H,1-2H3. The third kappa shape index (κ3) is 2.99. The largest absolute Gasteiger partial charge is 0.339 e. The molecule has 0 heterocycles. The molecule has 1 aromatic rings. The number of amides is 1. The summed E-state index contributed by atoms with van der Waals surface area (Å²) in [5.41, 5.74) is 0. The van der Waals surface area contributed by atoms with Crippen molar-refractivity contribution >= 4 is 32.9 Å². The molecule has 5 heteroatoms. The van der Waals surface area contributed by atoms with Crippen molar-refractivity contribution < 1.29 is 9.18 Å². The van der Waals surface area contributed by atoms with E-state index in [1.165, 1.54) is 17.0 Å². The van der Waals surface area contributed by atoms with Gasteiger partial charge in [0.15, 0.2) is 0 Å². The normalized spacial score (nSPS) is 10.0. The number of carbonyl (C=O) groups excluding carboxylic acids is 1. The molecule has 0 fully saturated rings. The van der Waals surface area contributed by atoms with Crippen LogP contribution in [0.25, 0.3) is 0 Å². The summed E-state index contributed by atoms with van der Waals surface area (Å²) in [6, 6.07) is 4.25. The maximum Gasteiger partial charge on any atom is 0.285 e. The zero-order valence-electron chi connectivity index (χ0n) is 7.75. The number of halogens is 2. The fourth-order valence-corrected chi connectivity index (χ4v) is 1.94. The van der Waals surface area contributed by atoms with E-state index in [2.05, 4.69) is 15.9 Å². The summed E-state index contributed by atoms with van der Waals surface area (Å²) in [4.78, 5) is 13.4. The Morgan fingerprint density at radius 2 is 2.14 bits per heavy atom. The first-order valence-electron chi connectivity index (χ1n) is 3.85. The van der Waals surface area contributed by atoms with E-state index in [0.29, 0.717) is 4.90 Å². The summed E-state index contributed by atoms with van der Waals surface area (Å²) in [6.45, 7) is 0. The lowest BCUT2D eigenvalue weighted by atomic mass is 10.3. The van der Waals surface area contributed by atoms with Crippen LogP contribution in [0.5, 0.6) is 0 Å². The van der Waals surface area contributed by atoms with Gasteiger partial charge in [-0.3, -0.25) is 4.79 Å². The smallest absolute Gasteiger partial charge is 0.285 e. The number of thioether (sulfide) groups is 1. The second-order valence-corrected chi connectivity index (χ2v) is 4.68. The van der Waals surface area contributed by atoms with Crippen molar-refractivity contribution in [2.75, 3.05) is 14.1 Å². The molecule has 0 radical (unpaired) electrons. The Balaban J connectivity index is 2.86. The van der Waals surface area contributed by atoms with Gasteiger partial charge in [-0.1, -0.05) is 0 Å². The first-order chi connectivity index (χ1) is 6.50. The Bertz CT molecular complexity index is 357. The molecule has 0 aliphatic heterocycles. The van der Waals surface area contributed by atoms with E-state index >= 15 is 0 Å². The first kappa shape index (κ1) is 11.5. The molecule has 0 saturated heterocycles. The van der Waals surface area contributed by atoms with Gasteiger partial charge in [0.2, 0.25) is 0 Å². The van der Waals surface area contributed by atoms with Gasteiger partial charge in [-0.05, 0) is 45.9 Å². The Kier molecular flexibility index (Phi) is 3.95. The number of carbonyl (C=O) groups is 1. The van der Waals surface area contributed by atoms with Crippen LogP contribution >= 0.6 is 27.7 Å². The van der Waals surface area contributed by atoms with Gasteiger partial charge in [0, 0.05) is 23.5 Å². The van der Waals surface area contributed by atoms with Crippen molar-refractivity contribution in [2.45, 2.75) is 4.90 Å². The number of hydrogen-bond donors (Lipinski definition) is 0. The summed E-state index contributed by atoms with van der Waals surface area (Å²) in [5.74, 6) is -0.345. The molecule has 76 valence electrons. The van der Waals surface area contributed by atoms with Crippen molar-refractivity contribution in [1.29, 1.82) is 0 Å². The lowest BCUT2D eigenvalue weighted by Crippen LogP contribution is -2.16. The predicted octanol–water partition coefficient (Wildman–Crippen LogP) is 3.36. The van der Waals surface area contributed by atoms with Crippen LogP contribution < -0.4 is 0 Å². The molecule has 0 unspecified atom stereocenters. The van der Waals surface area contributed by atoms with Crippen LogP contribution in [0.2, 0.25) is 0 Å². The van der Waals surface area contributed by atoms with Gasteiger partial charge < -0.3 is 4.90 Å². The lowest BCUT2D eigenvalue weighted by molar-refractivity contribution is 0.241. The first-order valence-corrected chi connectivity index (χ1v) is 5.46. The van der Waals surface area contributed by atoms with Crippen LogP contribution in [0.4, 0.5) is 9.18 Å². The summed E-state index contributed by atoms with van der Waals surface area (Å²) < 4.78 is 13.6. The Hall–Kier alpha value is -0.550. The van der Waals surface area contributed by atoms with Gasteiger partial charge in [0.05, 0.1) is 0 Å². The molecule has 1 aromatic carbocycles. The van der Waals surface area contributed by atoms with Crippen LogP contribution in [-0.2, 0) is 0 Å². The van der Waals surface area contributed by atoms with Crippen LogP contribution in [0.15, 0.2) is 27.6 Å². The van der Waals surface area contributed by atoms with Crippen molar-refractivity contribution in [1.82, 2.24) is 4.90 Å². The molecular weight excluding hydrogens is 269 g/mol. The second kappa shape index (κ2) is 4.79. The minimum absolute atomic E-state index is 0.128. The molecule has 0 bridgehead atoms. The molecule has 0 atom stereocenters. The minimum Gasteiger partial charge on any atom is -0.339 e. The van der Waals surface area contributed by atoms with E-state index in [9.17, 15) is 9.18 Å². The van der Waals surface area contributed by atoms with E-state index in [4.69, 9.17) is 0 Å². The maximum atomic E-state index is 12.8. The van der Waals surface area contributed by atoms with E-state index in [0.717, 1.165) is 16.2 Å². The number of nitrogens with zero attached hydrogens (tertiary/aromatic N) is 1. The Labute approximate surface area is 94.6 Å².